The van der Waals surface area contributed by atoms with Crippen molar-refractivity contribution in [2.45, 2.75) is 12.8 Å². The first-order valence-electron chi connectivity index (χ1n) is 6.23. The third kappa shape index (κ3) is 2.00. The Labute approximate surface area is 107 Å². The van der Waals surface area contributed by atoms with Gasteiger partial charge in [0.1, 0.15) is 0 Å². The van der Waals surface area contributed by atoms with E-state index in [9.17, 15) is 4.79 Å². The standard InChI is InChI=1S/C17H14O/c18-17-11-10-14(12-13-6-2-1-3-7-13)15-8-4-5-9-16(15)17/h1-9,12H,10-11H2/b14-12-. The van der Waals surface area contributed by atoms with E-state index in [0.29, 0.717) is 6.42 Å². The van der Waals surface area contributed by atoms with Gasteiger partial charge >= 0.3 is 0 Å². The summed E-state index contributed by atoms with van der Waals surface area (Å²) >= 11 is 0. The van der Waals surface area contributed by atoms with E-state index in [2.05, 4.69) is 18.2 Å². The molecule has 1 aliphatic rings. The van der Waals surface area contributed by atoms with E-state index in [-0.39, 0.29) is 5.78 Å². The van der Waals surface area contributed by atoms with E-state index in [1.54, 1.807) is 0 Å². The molecule has 1 nitrogen and oxygen atoms in total. The normalized spacial score (nSPS) is 16.7. The molecule has 0 amide bonds. The van der Waals surface area contributed by atoms with Crippen LogP contribution in [0.5, 0.6) is 0 Å². The minimum atomic E-state index is 0.260. The van der Waals surface area contributed by atoms with E-state index in [1.807, 2.05) is 42.5 Å². The Morgan fingerprint density at radius 2 is 1.44 bits per heavy atom. The molecule has 2 aromatic rings. The van der Waals surface area contributed by atoms with Crippen LogP contribution in [0.1, 0.15) is 34.3 Å². The van der Waals surface area contributed by atoms with Gasteiger partial charge in [0.15, 0.2) is 5.78 Å². The second-order valence-corrected chi connectivity index (χ2v) is 4.55. The second kappa shape index (κ2) is 4.61. The molecule has 3 rings (SSSR count). The van der Waals surface area contributed by atoms with Gasteiger partial charge in [-0.1, -0.05) is 60.7 Å². The summed E-state index contributed by atoms with van der Waals surface area (Å²) in [6, 6.07) is 18.2. The van der Waals surface area contributed by atoms with Crippen molar-refractivity contribution >= 4 is 17.4 Å². The number of fused-ring (bicyclic) bond motifs is 1. The van der Waals surface area contributed by atoms with Crippen molar-refractivity contribution in [3.63, 3.8) is 0 Å². The van der Waals surface area contributed by atoms with Gasteiger partial charge in [0.05, 0.1) is 0 Å². The number of hydrogen-bond acceptors (Lipinski definition) is 1. The fraction of sp³-hybridized carbons (Fsp3) is 0.118. The first-order chi connectivity index (χ1) is 8.84. The molecule has 0 heterocycles. The number of hydrogen-bond donors (Lipinski definition) is 0. The lowest BCUT2D eigenvalue weighted by atomic mass is 9.85. The van der Waals surface area contributed by atoms with Gasteiger partial charge in [-0.15, -0.1) is 0 Å². The van der Waals surface area contributed by atoms with Gasteiger partial charge in [0, 0.05) is 12.0 Å². The zero-order valence-electron chi connectivity index (χ0n) is 10.1. The summed E-state index contributed by atoms with van der Waals surface area (Å²) in [4.78, 5) is 11.9. The summed E-state index contributed by atoms with van der Waals surface area (Å²) < 4.78 is 0. The fourth-order valence-electron chi connectivity index (χ4n) is 2.42. The van der Waals surface area contributed by atoms with Crippen molar-refractivity contribution in [1.82, 2.24) is 0 Å². The molecule has 0 atom stereocenters. The number of Topliss-reactive ketones (excluding diaryl/α,β-unsaturated/α-hetero) is 1. The molecule has 88 valence electrons. The van der Waals surface area contributed by atoms with Crippen LogP contribution in [-0.2, 0) is 0 Å². The average molecular weight is 234 g/mol. The maximum absolute atomic E-state index is 11.9. The monoisotopic (exact) mass is 234 g/mol. The Kier molecular flexibility index (Phi) is 2.81. The number of allylic oxidation sites excluding steroid dienone is 1. The lowest BCUT2D eigenvalue weighted by Gasteiger charge is -2.17. The Morgan fingerprint density at radius 3 is 2.22 bits per heavy atom. The minimum absolute atomic E-state index is 0.260. The van der Waals surface area contributed by atoms with Gasteiger partial charge in [-0.05, 0) is 23.1 Å². The largest absolute Gasteiger partial charge is 0.294 e. The number of benzene rings is 2. The topological polar surface area (TPSA) is 17.1 Å². The van der Waals surface area contributed by atoms with E-state index in [1.165, 1.54) is 11.1 Å². The van der Waals surface area contributed by atoms with E-state index in [0.717, 1.165) is 17.5 Å². The van der Waals surface area contributed by atoms with Crippen molar-refractivity contribution in [2.75, 3.05) is 0 Å². The van der Waals surface area contributed by atoms with Crippen LogP contribution in [0.2, 0.25) is 0 Å². The molecule has 1 aliphatic carbocycles. The lowest BCUT2D eigenvalue weighted by molar-refractivity contribution is 0.0981. The Bertz CT molecular complexity index is 609. The lowest BCUT2D eigenvalue weighted by Crippen LogP contribution is -2.09. The predicted octanol–water partition coefficient (Wildman–Crippen LogP) is 4.20. The van der Waals surface area contributed by atoms with Crippen LogP contribution in [0.3, 0.4) is 0 Å². The highest BCUT2D eigenvalue weighted by Crippen LogP contribution is 2.31. The molecule has 0 aromatic heterocycles. The van der Waals surface area contributed by atoms with Crippen molar-refractivity contribution in [3.05, 3.63) is 71.3 Å². The van der Waals surface area contributed by atoms with Crippen LogP contribution in [0.15, 0.2) is 54.6 Å². The molecule has 0 saturated carbocycles. The summed E-state index contributed by atoms with van der Waals surface area (Å²) in [7, 11) is 0. The maximum atomic E-state index is 11.9. The summed E-state index contributed by atoms with van der Waals surface area (Å²) in [6.45, 7) is 0. The third-order valence-corrected chi connectivity index (χ3v) is 3.34. The van der Waals surface area contributed by atoms with Crippen LogP contribution in [-0.4, -0.2) is 5.78 Å². The zero-order chi connectivity index (χ0) is 12.4. The van der Waals surface area contributed by atoms with Crippen molar-refractivity contribution in [3.8, 4) is 0 Å². The zero-order valence-corrected chi connectivity index (χ0v) is 10.1. The maximum Gasteiger partial charge on any atom is 0.163 e. The highest BCUT2D eigenvalue weighted by Gasteiger charge is 2.19. The van der Waals surface area contributed by atoms with Gasteiger partial charge in [-0.25, -0.2) is 0 Å². The van der Waals surface area contributed by atoms with Crippen molar-refractivity contribution < 1.29 is 4.79 Å². The summed E-state index contributed by atoms with van der Waals surface area (Å²) in [6.07, 6.45) is 3.64. The average Bonchev–Trinajstić information content (AvgIpc) is 2.44. The molecule has 0 spiro atoms. The van der Waals surface area contributed by atoms with Gasteiger partial charge in [0.25, 0.3) is 0 Å². The highest BCUT2D eigenvalue weighted by atomic mass is 16.1. The molecule has 1 heteroatoms. The van der Waals surface area contributed by atoms with Gasteiger partial charge in [0.2, 0.25) is 0 Å². The second-order valence-electron chi connectivity index (χ2n) is 4.55. The Balaban J connectivity index is 2.08. The summed E-state index contributed by atoms with van der Waals surface area (Å²) in [5, 5.41) is 0. The molecule has 0 fully saturated rings. The molecule has 0 radical (unpaired) electrons. The predicted molar refractivity (Wildman–Crippen MR) is 74.3 cm³/mol. The molecule has 18 heavy (non-hydrogen) atoms. The van der Waals surface area contributed by atoms with Gasteiger partial charge < -0.3 is 0 Å². The molecular weight excluding hydrogens is 220 g/mol. The van der Waals surface area contributed by atoms with E-state index < -0.39 is 0 Å². The van der Waals surface area contributed by atoms with Gasteiger partial charge in [-0.2, -0.15) is 0 Å². The number of ketones is 1. The fourth-order valence-corrected chi connectivity index (χ4v) is 2.42. The van der Waals surface area contributed by atoms with Crippen LogP contribution >= 0.6 is 0 Å². The molecule has 0 saturated heterocycles. The number of rotatable bonds is 1. The van der Waals surface area contributed by atoms with Crippen LogP contribution in [0, 0.1) is 0 Å². The highest BCUT2D eigenvalue weighted by molar-refractivity contribution is 6.05. The molecule has 0 N–H and O–H groups in total. The third-order valence-electron chi connectivity index (χ3n) is 3.34. The molecular formula is C17H14O. The van der Waals surface area contributed by atoms with Crippen LogP contribution in [0.4, 0.5) is 0 Å². The molecule has 0 bridgehead atoms. The van der Waals surface area contributed by atoms with Crippen LogP contribution in [0.25, 0.3) is 11.6 Å². The Morgan fingerprint density at radius 1 is 0.778 bits per heavy atom. The smallest absolute Gasteiger partial charge is 0.163 e. The quantitative estimate of drug-likeness (QED) is 0.722. The molecule has 0 aliphatic heterocycles. The number of carbonyl (C=O) groups excluding carboxylic acids is 1. The number of carbonyl (C=O) groups is 1. The molecule has 0 unspecified atom stereocenters. The van der Waals surface area contributed by atoms with E-state index in [4.69, 9.17) is 0 Å². The van der Waals surface area contributed by atoms with Crippen LogP contribution < -0.4 is 0 Å². The SMILES string of the molecule is O=C1CC/C(=C/c2ccccc2)c2ccccc21. The van der Waals surface area contributed by atoms with Crippen molar-refractivity contribution in [2.24, 2.45) is 0 Å². The Hall–Kier alpha value is -2.15. The van der Waals surface area contributed by atoms with E-state index >= 15 is 0 Å². The minimum Gasteiger partial charge on any atom is -0.294 e. The summed E-state index contributed by atoms with van der Waals surface area (Å²) in [5.41, 5.74) is 4.41. The summed E-state index contributed by atoms with van der Waals surface area (Å²) in [5.74, 6) is 0.260. The van der Waals surface area contributed by atoms with Crippen molar-refractivity contribution in [1.29, 1.82) is 0 Å². The first-order valence-corrected chi connectivity index (χ1v) is 6.23. The molecule has 2 aromatic carbocycles. The first kappa shape index (κ1) is 11.0. The van der Waals surface area contributed by atoms with Gasteiger partial charge in [-0.3, -0.25) is 4.79 Å².